The Balaban J connectivity index is 2.02. The first-order chi connectivity index (χ1) is 13.5. The second kappa shape index (κ2) is 10.8. The van der Waals surface area contributed by atoms with E-state index >= 15 is 0 Å². The fourth-order valence-corrected chi connectivity index (χ4v) is 3.33. The van der Waals surface area contributed by atoms with Crippen molar-refractivity contribution >= 4 is 17.6 Å². The molecule has 2 rings (SSSR count). The maximum Gasteiger partial charge on any atom is 0.317 e. The van der Waals surface area contributed by atoms with Gasteiger partial charge < -0.3 is 24.6 Å². The first-order valence-corrected chi connectivity index (χ1v) is 10.1. The molecule has 1 aromatic rings. The summed E-state index contributed by atoms with van der Waals surface area (Å²) in [6, 6.07) is 5.13. The van der Waals surface area contributed by atoms with E-state index in [0.717, 1.165) is 44.5 Å². The largest absolute Gasteiger partial charge is 0.493 e. The van der Waals surface area contributed by atoms with Gasteiger partial charge in [-0.1, -0.05) is 26.7 Å². The average molecular weight is 392 g/mol. The Labute approximate surface area is 168 Å². The van der Waals surface area contributed by atoms with Crippen LogP contribution in [-0.4, -0.2) is 56.7 Å². The van der Waals surface area contributed by atoms with E-state index in [1.165, 1.54) is 0 Å². The van der Waals surface area contributed by atoms with E-state index in [0.29, 0.717) is 24.5 Å². The normalized spacial score (nSPS) is 16.2. The lowest BCUT2D eigenvalue weighted by atomic mass is 10.2. The van der Waals surface area contributed by atoms with Crippen molar-refractivity contribution in [2.75, 3.05) is 38.8 Å². The Morgan fingerprint density at radius 3 is 2.36 bits per heavy atom. The van der Waals surface area contributed by atoms with Crippen molar-refractivity contribution in [1.82, 2.24) is 10.2 Å². The SMILES string of the molecule is CCCCN(CCCC)C(=O)N[C@H]1CC(=O)N(c2ccc(OC)c(OC)c2)C1. The fourth-order valence-electron chi connectivity index (χ4n) is 3.33. The lowest BCUT2D eigenvalue weighted by Gasteiger charge is -2.25. The van der Waals surface area contributed by atoms with E-state index in [2.05, 4.69) is 19.2 Å². The maximum absolute atomic E-state index is 12.7. The number of methoxy groups -OCH3 is 2. The maximum atomic E-state index is 12.7. The molecule has 1 aliphatic rings. The molecule has 0 bridgehead atoms. The first kappa shape index (κ1) is 21.9. The molecule has 0 aromatic heterocycles. The number of anilines is 1. The number of urea groups is 1. The predicted molar refractivity (Wildman–Crippen MR) is 110 cm³/mol. The highest BCUT2D eigenvalue weighted by Gasteiger charge is 2.32. The second-order valence-electron chi connectivity index (χ2n) is 7.09. The zero-order valence-corrected chi connectivity index (χ0v) is 17.5. The van der Waals surface area contributed by atoms with Crippen LogP contribution in [-0.2, 0) is 4.79 Å². The summed E-state index contributed by atoms with van der Waals surface area (Å²) in [6.07, 6.45) is 4.36. The predicted octanol–water partition coefficient (Wildman–Crippen LogP) is 3.42. The van der Waals surface area contributed by atoms with Crippen LogP contribution in [0.25, 0.3) is 0 Å². The monoisotopic (exact) mass is 391 g/mol. The van der Waals surface area contributed by atoms with E-state index in [1.807, 2.05) is 11.0 Å². The number of hydrogen-bond acceptors (Lipinski definition) is 4. The summed E-state index contributed by atoms with van der Waals surface area (Å²) in [7, 11) is 3.14. The number of rotatable bonds is 10. The summed E-state index contributed by atoms with van der Waals surface area (Å²) in [4.78, 5) is 28.8. The van der Waals surface area contributed by atoms with Crippen molar-refractivity contribution in [3.05, 3.63) is 18.2 Å². The van der Waals surface area contributed by atoms with E-state index in [1.54, 1.807) is 31.3 Å². The molecule has 1 N–H and O–H groups in total. The summed E-state index contributed by atoms with van der Waals surface area (Å²) in [6.45, 7) is 6.19. The quantitative estimate of drug-likeness (QED) is 0.663. The number of nitrogens with zero attached hydrogens (tertiary/aromatic N) is 2. The van der Waals surface area contributed by atoms with Crippen LogP contribution < -0.4 is 19.7 Å². The van der Waals surface area contributed by atoms with Crippen molar-refractivity contribution in [1.29, 1.82) is 0 Å². The molecule has 0 radical (unpaired) electrons. The van der Waals surface area contributed by atoms with Crippen LogP contribution in [0.2, 0.25) is 0 Å². The third-order valence-corrected chi connectivity index (χ3v) is 4.98. The topological polar surface area (TPSA) is 71.1 Å². The van der Waals surface area contributed by atoms with Crippen LogP contribution in [0.3, 0.4) is 0 Å². The number of amides is 3. The Kier molecular flexibility index (Phi) is 8.42. The fraction of sp³-hybridized carbons (Fsp3) is 0.619. The smallest absolute Gasteiger partial charge is 0.317 e. The highest BCUT2D eigenvalue weighted by molar-refractivity contribution is 5.97. The van der Waals surface area contributed by atoms with Gasteiger partial charge in [-0.2, -0.15) is 0 Å². The minimum atomic E-state index is -0.196. The molecule has 1 atom stereocenters. The van der Waals surface area contributed by atoms with Crippen LogP contribution >= 0.6 is 0 Å². The molecular formula is C21H33N3O4. The van der Waals surface area contributed by atoms with Crippen LogP contribution in [0, 0.1) is 0 Å². The Morgan fingerprint density at radius 2 is 1.79 bits per heavy atom. The van der Waals surface area contributed by atoms with Crippen LogP contribution in [0.5, 0.6) is 11.5 Å². The van der Waals surface area contributed by atoms with E-state index in [9.17, 15) is 9.59 Å². The van der Waals surface area contributed by atoms with Gasteiger partial charge in [0.2, 0.25) is 5.91 Å². The van der Waals surface area contributed by atoms with E-state index in [-0.39, 0.29) is 18.0 Å². The van der Waals surface area contributed by atoms with Gasteiger partial charge in [0, 0.05) is 37.8 Å². The highest BCUT2D eigenvalue weighted by atomic mass is 16.5. The number of unbranched alkanes of at least 4 members (excludes halogenated alkanes) is 2. The summed E-state index contributed by atoms with van der Waals surface area (Å²) in [5.41, 5.74) is 0.744. The Hall–Kier alpha value is -2.44. The molecule has 0 saturated carbocycles. The number of nitrogens with one attached hydrogen (secondary N) is 1. The average Bonchev–Trinajstić information content (AvgIpc) is 3.07. The molecule has 7 heteroatoms. The van der Waals surface area contributed by atoms with Crippen LogP contribution in [0.15, 0.2) is 18.2 Å². The number of hydrogen-bond donors (Lipinski definition) is 1. The van der Waals surface area contributed by atoms with Gasteiger partial charge in [-0.3, -0.25) is 4.79 Å². The molecule has 156 valence electrons. The van der Waals surface area contributed by atoms with Crippen molar-refractivity contribution < 1.29 is 19.1 Å². The van der Waals surface area contributed by atoms with Gasteiger partial charge in [-0.15, -0.1) is 0 Å². The summed E-state index contributed by atoms with van der Waals surface area (Å²) in [5.74, 6) is 1.18. The van der Waals surface area contributed by atoms with Gasteiger partial charge in [0.25, 0.3) is 0 Å². The summed E-state index contributed by atoms with van der Waals surface area (Å²) >= 11 is 0. The standard InChI is InChI=1S/C21H33N3O4/c1-5-7-11-23(12-8-6-2)21(26)22-16-13-20(25)24(15-16)17-9-10-18(27-3)19(14-17)28-4/h9-10,14,16H,5-8,11-13,15H2,1-4H3,(H,22,26)/t16-/m0/s1. The van der Waals surface area contributed by atoms with Gasteiger partial charge in [0.1, 0.15) is 0 Å². The highest BCUT2D eigenvalue weighted by Crippen LogP contribution is 2.33. The molecule has 0 spiro atoms. The zero-order valence-electron chi connectivity index (χ0n) is 17.5. The summed E-state index contributed by atoms with van der Waals surface area (Å²) < 4.78 is 10.6. The molecule has 7 nitrogen and oxygen atoms in total. The van der Waals surface area contributed by atoms with Gasteiger partial charge in [0.15, 0.2) is 11.5 Å². The molecule has 28 heavy (non-hydrogen) atoms. The number of ether oxygens (including phenoxy) is 2. The Morgan fingerprint density at radius 1 is 1.14 bits per heavy atom. The van der Waals surface area contributed by atoms with Crippen molar-refractivity contribution in [3.8, 4) is 11.5 Å². The van der Waals surface area contributed by atoms with Crippen molar-refractivity contribution in [3.63, 3.8) is 0 Å². The minimum absolute atomic E-state index is 0.00816. The van der Waals surface area contributed by atoms with Crippen LogP contribution in [0.4, 0.5) is 10.5 Å². The molecule has 1 saturated heterocycles. The zero-order chi connectivity index (χ0) is 20.5. The van der Waals surface area contributed by atoms with Gasteiger partial charge in [0.05, 0.1) is 20.3 Å². The van der Waals surface area contributed by atoms with Gasteiger partial charge >= 0.3 is 6.03 Å². The lowest BCUT2D eigenvalue weighted by molar-refractivity contribution is -0.117. The molecule has 0 aliphatic carbocycles. The molecule has 0 unspecified atom stereocenters. The van der Waals surface area contributed by atoms with Gasteiger partial charge in [-0.25, -0.2) is 4.79 Å². The Bertz CT molecular complexity index is 657. The molecule has 1 heterocycles. The lowest BCUT2D eigenvalue weighted by Crippen LogP contribution is -2.46. The van der Waals surface area contributed by atoms with E-state index < -0.39 is 0 Å². The van der Waals surface area contributed by atoms with Gasteiger partial charge in [-0.05, 0) is 25.0 Å². The van der Waals surface area contributed by atoms with Crippen molar-refractivity contribution in [2.45, 2.75) is 52.0 Å². The second-order valence-corrected chi connectivity index (χ2v) is 7.09. The number of benzene rings is 1. The third kappa shape index (κ3) is 5.53. The third-order valence-electron chi connectivity index (χ3n) is 4.98. The molecule has 1 fully saturated rings. The van der Waals surface area contributed by atoms with Crippen LogP contribution in [0.1, 0.15) is 46.0 Å². The summed E-state index contributed by atoms with van der Waals surface area (Å²) in [5, 5.41) is 3.05. The van der Waals surface area contributed by atoms with E-state index in [4.69, 9.17) is 9.47 Å². The van der Waals surface area contributed by atoms with Crippen molar-refractivity contribution in [2.24, 2.45) is 0 Å². The number of carbonyl (C=O) groups excluding carboxylic acids is 2. The molecular weight excluding hydrogens is 358 g/mol. The molecule has 3 amide bonds. The number of carbonyl (C=O) groups is 2. The minimum Gasteiger partial charge on any atom is -0.493 e. The molecule has 1 aliphatic heterocycles. The molecule has 1 aromatic carbocycles. The first-order valence-electron chi connectivity index (χ1n) is 10.1.